The number of rotatable bonds is 8. The van der Waals surface area contributed by atoms with Gasteiger partial charge in [-0.3, -0.25) is 0 Å². The maximum absolute atomic E-state index is 3.73. The van der Waals surface area contributed by atoms with Gasteiger partial charge >= 0.3 is 0 Å². The molecule has 0 spiro atoms. The summed E-state index contributed by atoms with van der Waals surface area (Å²) in [6, 6.07) is 0. The average molecular weight is 183 g/mol. The lowest BCUT2D eigenvalue weighted by Crippen LogP contribution is -2.44. The molecule has 1 nitrogen and oxygen atoms in total. The van der Waals surface area contributed by atoms with Crippen LogP contribution >= 0.6 is 0 Å². The molecule has 0 aromatic rings. The van der Waals surface area contributed by atoms with Gasteiger partial charge in [-0.1, -0.05) is 26.8 Å². The maximum atomic E-state index is 3.73. The summed E-state index contributed by atoms with van der Waals surface area (Å²) < 4.78 is 0. The third kappa shape index (κ3) is 4.47. The number of allylic oxidation sites excluding steroid dienone is 1. The Hall–Kier alpha value is -0.300. The Morgan fingerprint density at radius 1 is 1.15 bits per heavy atom. The van der Waals surface area contributed by atoms with E-state index in [1.165, 1.54) is 25.7 Å². The Morgan fingerprint density at radius 3 is 2.08 bits per heavy atom. The number of hydrogen-bond acceptors (Lipinski definition) is 1. The Kier molecular flexibility index (Phi) is 6.97. The van der Waals surface area contributed by atoms with Crippen molar-refractivity contribution >= 4 is 0 Å². The molecule has 0 heterocycles. The first kappa shape index (κ1) is 12.7. The molecule has 0 saturated heterocycles. The van der Waals surface area contributed by atoms with E-state index in [-0.39, 0.29) is 0 Å². The van der Waals surface area contributed by atoms with Crippen LogP contribution in [0.15, 0.2) is 12.7 Å². The Morgan fingerprint density at radius 2 is 1.69 bits per heavy atom. The highest BCUT2D eigenvalue weighted by Crippen LogP contribution is 2.18. The van der Waals surface area contributed by atoms with Crippen molar-refractivity contribution in [3.05, 3.63) is 12.7 Å². The van der Waals surface area contributed by atoms with Crippen molar-refractivity contribution in [3.63, 3.8) is 0 Å². The van der Waals surface area contributed by atoms with Gasteiger partial charge in [0.2, 0.25) is 0 Å². The molecule has 0 amide bonds. The second-order valence-corrected chi connectivity index (χ2v) is 3.70. The zero-order valence-corrected chi connectivity index (χ0v) is 9.53. The Balaban J connectivity index is 3.74. The fourth-order valence-electron chi connectivity index (χ4n) is 1.72. The standard InChI is InChI=1S/C12H25N/c1-5-9-10-11-13-12(6-2,7-3)8-4/h5,13H,1,6-11H2,2-4H3. The molecule has 0 bridgehead atoms. The normalized spacial score (nSPS) is 11.6. The number of hydrogen-bond donors (Lipinski definition) is 1. The Labute approximate surface area is 83.6 Å². The molecule has 0 aliphatic carbocycles. The van der Waals surface area contributed by atoms with Gasteiger partial charge in [0.15, 0.2) is 0 Å². The molecule has 0 unspecified atom stereocenters. The summed E-state index contributed by atoms with van der Waals surface area (Å²) in [5, 5.41) is 3.67. The van der Waals surface area contributed by atoms with Gasteiger partial charge in [-0.2, -0.15) is 0 Å². The van der Waals surface area contributed by atoms with Crippen molar-refractivity contribution in [2.45, 2.75) is 58.4 Å². The van der Waals surface area contributed by atoms with Crippen LogP contribution in [0.5, 0.6) is 0 Å². The van der Waals surface area contributed by atoms with E-state index in [1.807, 2.05) is 6.08 Å². The van der Waals surface area contributed by atoms with Crippen LogP contribution < -0.4 is 5.32 Å². The van der Waals surface area contributed by atoms with Crippen molar-refractivity contribution in [2.75, 3.05) is 6.54 Å². The van der Waals surface area contributed by atoms with Crippen molar-refractivity contribution < 1.29 is 0 Å². The summed E-state index contributed by atoms with van der Waals surface area (Å²) >= 11 is 0. The van der Waals surface area contributed by atoms with Crippen molar-refractivity contribution in [2.24, 2.45) is 0 Å². The van der Waals surface area contributed by atoms with Crippen LogP contribution in [0.4, 0.5) is 0 Å². The third-order valence-corrected chi connectivity index (χ3v) is 3.12. The van der Waals surface area contributed by atoms with Crippen molar-refractivity contribution in [1.82, 2.24) is 5.32 Å². The quantitative estimate of drug-likeness (QED) is 0.448. The van der Waals surface area contributed by atoms with Gasteiger partial charge < -0.3 is 5.32 Å². The highest BCUT2D eigenvalue weighted by Gasteiger charge is 2.21. The van der Waals surface area contributed by atoms with E-state index in [1.54, 1.807) is 0 Å². The average Bonchev–Trinajstić information content (AvgIpc) is 2.20. The summed E-state index contributed by atoms with van der Waals surface area (Å²) in [5.74, 6) is 0. The lowest BCUT2D eigenvalue weighted by atomic mass is 9.90. The molecular weight excluding hydrogens is 158 g/mol. The molecule has 0 atom stereocenters. The molecule has 0 aromatic heterocycles. The van der Waals surface area contributed by atoms with E-state index in [0.717, 1.165) is 13.0 Å². The van der Waals surface area contributed by atoms with Gasteiger partial charge in [-0.05, 0) is 38.6 Å². The van der Waals surface area contributed by atoms with E-state index >= 15 is 0 Å². The molecule has 0 radical (unpaired) electrons. The van der Waals surface area contributed by atoms with Crippen LogP contribution in [0, 0.1) is 0 Å². The minimum Gasteiger partial charge on any atom is -0.311 e. The van der Waals surface area contributed by atoms with Gasteiger partial charge in [-0.25, -0.2) is 0 Å². The zero-order valence-electron chi connectivity index (χ0n) is 9.53. The van der Waals surface area contributed by atoms with Gasteiger partial charge in [0, 0.05) is 5.54 Å². The van der Waals surface area contributed by atoms with Gasteiger partial charge in [0.25, 0.3) is 0 Å². The summed E-state index contributed by atoms with van der Waals surface area (Å²) in [5.41, 5.74) is 0.390. The second-order valence-electron chi connectivity index (χ2n) is 3.70. The molecule has 78 valence electrons. The van der Waals surface area contributed by atoms with Crippen LogP contribution in [0.2, 0.25) is 0 Å². The molecule has 13 heavy (non-hydrogen) atoms. The number of nitrogens with one attached hydrogen (secondary N) is 1. The minimum absolute atomic E-state index is 0.390. The van der Waals surface area contributed by atoms with E-state index in [9.17, 15) is 0 Å². The fourth-order valence-corrected chi connectivity index (χ4v) is 1.72. The smallest absolute Gasteiger partial charge is 0.0173 e. The molecule has 1 N–H and O–H groups in total. The van der Waals surface area contributed by atoms with Gasteiger partial charge in [0.1, 0.15) is 0 Å². The highest BCUT2D eigenvalue weighted by atomic mass is 15.0. The topological polar surface area (TPSA) is 12.0 Å². The van der Waals surface area contributed by atoms with E-state index in [4.69, 9.17) is 0 Å². The van der Waals surface area contributed by atoms with E-state index < -0.39 is 0 Å². The minimum atomic E-state index is 0.390. The summed E-state index contributed by atoms with van der Waals surface area (Å²) in [6.07, 6.45) is 8.02. The molecule has 0 saturated carbocycles. The molecule has 0 aliphatic heterocycles. The molecule has 0 aromatic carbocycles. The van der Waals surface area contributed by atoms with Gasteiger partial charge in [-0.15, -0.1) is 6.58 Å². The summed E-state index contributed by atoms with van der Waals surface area (Å²) in [7, 11) is 0. The molecular formula is C12H25N. The van der Waals surface area contributed by atoms with Crippen molar-refractivity contribution in [3.8, 4) is 0 Å². The van der Waals surface area contributed by atoms with Crippen LogP contribution in [-0.4, -0.2) is 12.1 Å². The van der Waals surface area contributed by atoms with E-state index in [2.05, 4.69) is 32.7 Å². The second kappa shape index (κ2) is 7.14. The predicted octanol–water partition coefficient (Wildman–Crippen LogP) is 3.51. The molecule has 0 fully saturated rings. The highest BCUT2D eigenvalue weighted by molar-refractivity contribution is 4.83. The predicted molar refractivity (Wildman–Crippen MR) is 61.0 cm³/mol. The zero-order chi connectivity index (χ0) is 10.2. The van der Waals surface area contributed by atoms with Gasteiger partial charge in [0.05, 0.1) is 0 Å². The maximum Gasteiger partial charge on any atom is 0.0173 e. The monoisotopic (exact) mass is 183 g/mol. The first-order valence-electron chi connectivity index (χ1n) is 5.60. The molecule has 0 rings (SSSR count). The first-order valence-corrected chi connectivity index (χ1v) is 5.60. The lowest BCUT2D eigenvalue weighted by Gasteiger charge is -2.32. The number of unbranched alkanes of at least 4 members (excludes halogenated alkanes) is 1. The van der Waals surface area contributed by atoms with Crippen LogP contribution in [0.25, 0.3) is 0 Å². The summed E-state index contributed by atoms with van der Waals surface area (Å²) in [4.78, 5) is 0. The first-order chi connectivity index (χ1) is 6.24. The molecule has 1 heteroatoms. The van der Waals surface area contributed by atoms with E-state index in [0.29, 0.717) is 5.54 Å². The summed E-state index contributed by atoms with van der Waals surface area (Å²) in [6.45, 7) is 11.7. The third-order valence-electron chi connectivity index (χ3n) is 3.12. The fraction of sp³-hybridized carbons (Fsp3) is 0.833. The van der Waals surface area contributed by atoms with Crippen LogP contribution in [-0.2, 0) is 0 Å². The largest absolute Gasteiger partial charge is 0.311 e. The lowest BCUT2D eigenvalue weighted by molar-refractivity contribution is 0.290. The van der Waals surface area contributed by atoms with Crippen LogP contribution in [0.1, 0.15) is 52.9 Å². The van der Waals surface area contributed by atoms with Crippen LogP contribution in [0.3, 0.4) is 0 Å². The van der Waals surface area contributed by atoms with Crippen molar-refractivity contribution in [1.29, 1.82) is 0 Å². The molecule has 0 aliphatic rings. The Bertz CT molecular complexity index is 117. The SMILES string of the molecule is C=CCCCNC(CC)(CC)CC.